The third-order valence-corrected chi connectivity index (χ3v) is 2.77. The number of hydrogen-bond acceptors (Lipinski definition) is 2. The topological polar surface area (TPSA) is 54.4 Å². The molecule has 0 radical (unpaired) electrons. The molecule has 4 heteroatoms. The molecule has 0 amide bonds. The highest BCUT2D eigenvalue weighted by atomic mass is 31.1. The first-order valence-corrected chi connectivity index (χ1v) is 5.25. The molecule has 0 bridgehead atoms. The molecule has 0 spiro atoms. The number of carboxylic acid groups (broad SMARTS) is 1. The summed E-state index contributed by atoms with van der Waals surface area (Å²) >= 11 is 0. The Morgan fingerprint density at radius 1 is 1.14 bits per heavy atom. The van der Waals surface area contributed by atoms with E-state index < -0.39 is 5.97 Å². The predicted octanol–water partition coefficient (Wildman–Crippen LogP) is 1.38. The molecule has 0 aliphatic heterocycles. The maximum atomic E-state index is 11.3. The molecule has 1 rings (SSSR count). The van der Waals surface area contributed by atoms with Crippen LogP contribution in [0, 0.1) is 0 Å². The predicted molar refractivity (Wildman–Crippen MR) is 56.3 cm³/mol. The van der Waals surface area contributed by atoms with Gasteiger partial charge in [-0.15, -0.1) is 0 Å². The molecule has 1 aromatic carbocycles. The Kier molecular flexibility index (Phi) is 4.27. The zero-order valence-corrected chi connectivity index (χ0v) is 8.56. The molecule has 1 unspecified atom stereocenters. The van der Waals surface area contributed by atoms with Crippen LogP contribution < -0.4 is 5.30 Å². The second-order valence-electron chi connectivity index (χ2n) is 2.81. The summed E-state index contributed by atoms with van der Waals surface area (Å²) in [4.78, 5) is 21.5. The molecule has 0 aromatic heterocycles. The molecular formula is C10H11O3P. The lowest BCUT2D eigenvalue weighted by Gasteiger charge is -1.98. The number of aliphatic carboxylic acids is 1. The summed E-state index contributed by atoms with van der Waals surface area (Å²) in [5, 5.41) is 9.34. The van der Waals surface area contributed by atoms with E-state index in [2.05, 4.69) is 0 Å². The second-order valence-corrected chi connectivity index (χ2v) is 4.19. The van der Waals surface area contributed by atoms with Gasteiger partial charge >= 0.3 is 5.97 Å². The van der Waals surface area contributed by atoms with Gasteiger partial charge in [0.2, 0.25) is 0 Å². The minimum atomic E-state index is -0.920. The summed E-state index contributed by atoms with van der Waals surface area (Å²) in [6.45, 7) is 0. The average Bonchev–Trinajstić information content (AvgIpc) is 2.16. The number of benzene rings is 1. The highest BCUT2D eigenvalue weighted by Crippen LogP contribution is 2.14. The van der Waals surface area contributed by atoms with Gasteiger partial charge in [-0.05, 0) is 13.9 Å². The SMILES string of the molecule is O=C(O)CCC(=O)Pc1ccccc1. The summed E-state index contributed by atoms with van der Waals surface area (Å²) in [6.07, 6.45) is 0.0569. The lowest BCUT2D eigenvalue weighted by Crippen LogP contribution is -2.02. The van der Waals surface area contributed by atoms with Crippen LogP contribution in [0.3, 0.4) is 0 Å². The van der Waals surface area contributed by atoms with Crippen LogP contribution in [0.1, 0.15) is 12.8 Å². The van der Waals surface area contributed by atoms with Crippen molar-refractivity contribution in [3.8, 4) is 0 Å². The molecule has 14 heavy (non-hydrogen) atoms. The first-order chi connectivity index (χ1) is 6.68. The van der Waals surface area contributed by atoms with Crippen LogP contribution >= 0.6 is 8.58 Å². The fraction of sp³-hybridized carbons (Fsp3) is 0.200. The second kappa shape index (κ2) is 5.51. The molecule has 0 aliphatic rings. The lowest BCUT2D eigenvalue weighted by molar-refractivity contribution is -0.137. The minimum Gasteiger partial charge on any atom is -0.481 e. The Morgan fingerprint density at radius 2 is 1.79 bits per heavy atom. The van der Waals surface area contributed by atoms with E-state index in [-0.39, 0.29) is 26.9 Å². The van der Waals surface area contributed by atoms with Crippen LogP contribution in [0.5, 0.6) is 0 Å². The van der Waals surface area contributed by atoms with E-state index in [9.17, 15) is 9.59 Å². The van der Waals surface area contributed by atoms with Gasteiger partial charge in [0, 0.05) is 6.42 Å². The largest absolute Gasteiger partial charge is 0.481 e. The highest BCUT2D eigenvalue weighted by molar-refractivity contribution is 7.65. The van der Waals surface area contributed by atoms with Gasteiger partial charge in [-0.2, -0.15) is 0 Å². The summed E-state index contributed by atoms with van der Waals surface area (Å²) in [7, 11) is 0.0756. The minimum absolute atomic E-state index is 0.00130. The van der Waals surface area contributed by atoms with E-state index in [0.717, 1.165) is 5.30 Å². The average molecular weight is 210 g/mol. The van der Waals surface area contributed by atoms with Gasteiger partial charge in [0.1, 0.15) is 0 Å². The number of carboxylic acids is 1. The molecule has 74 valence electrons. The smallest absolute Gasteiger partial charge is 0.303 e. The molecule has 0 heterocycles. The highest BCUT2D eigenvalue weighted by Gasteiger charge is 2.05. The summed E-state index contributed by atoms with van der Waals surface area (Å²) in [6, 6.07) is 9.36. The molecular weight excluding hydrogens is 199 g/mol. The van der Waals surface area contributed by atoms with Crippen LogP contribution in [0.2, 0.25) is 0 Å². The van der Waals surface area contributed by atoms with Crippen molar-refractivity contribution in [2.75, 3.05) is 0 Å². The molecule has 0 saturated heterocycles. The molecule has 3 nitrogen and oxygen atoms in total. The van der Waals surface area contributed by atoms with Crippen molar-refractivity contribution in [1.29, 1.82) is 0 Å². The van der Waals surface area contributed by atoms with Crippen LogP contribution in [-0.2, 0) is 9.59 Å². The van der Waals surface area contributed by atoms with E-state index in [4.69, 9.17) is 5.11 Å². The van der Waals surface area contributed by atoms with E-state index >= 15 is 0 Å². The van der Waals surface area contributed by atoms with Crippen molar-refractivity contribution in [1.82, 2.24) is 0 Å². The fourth-order valence-electron chi connectivity index (χ4n) is 0.965. The van der Waals surface area contributed by atoms with Crippen molar-refractivity contribution in [3.63, 3.8) is 0 Å². The van der Waals surface area contributed by atoms with Crippen molar-refractivity contribution in [3.05, 3.63) is 30.3 Å². The normalized spacial score (nSPS) is 10.6. The van der Waals surface area contributed by atoms with Crippen molar-refractivity contribution in [2.24, 2.45) is 0 Å². The van der Waals surface area contributed by atoms with Gasteiger partial charge in [-0.25, -0.2) is 0 Å². The fourth-order valence-corrected chi connectivity index (χ4v) is 1.90. The van der Waals surface area contributed by atoms with Crippen molar-refractivity contribution < 1.29 is 14.7 Å². The molecule has 0 aliphatic carbocycles. The first-order valence-electron chi connectivity index (χ1n) is 4.25. The van der Waals surface area contributed by atoms with Crippen molar-refractivity contribution in [2.45, 2.75) is 12.8 Å². The lowest BCUT2D eigenvalue weighted by atomic mass is 10.3. The molecule has 0 fully saturated rings. The van der Waals surface area contributed by atoms with Crippen LogP contribution in [0.25, 0.3) is 0 Å². The Bertz CT molecular complexity index is 321. The molecule has 1 N–H and O–H groups in total. The number of carbonyl (C=O) groups is 2. The first kappa shape index (κ1) is 10.9. The van der Waals surface area contributed by atoms with E-state index in [0.29, 0.717) is 0 Å². The zero-order valence-electron chi connectivity index (χ0n) is 7.56. The maximum absolute atomic E-state index is 11.3. The third kappa shape index (κ3) is 4.15. The number of rotatable bonds is 5. The Balaban J connectivity index is 2.38. The monoisotopic (exact) mass is 210 g/mol. The number of hydrogen-bond donors (Lipinski definition) is 1. The number of carbonyl (C=O) groups excluding carboxylic acids is 1. The summed E-state index contributed by atoms with van der Waals surface area (Å²) < 4.78 is 0. The molecule has 0 saturated carbocycles. The maximum Gasteiger partial charge on any atom is 0.303 e. The Labute approximate surface area is 83.9 Å². The van der Waals surface area contributed by atoms with E-state index in [1.54, 1.807) is 0 Å². The van der Waals surface area contributed by atoms with Gasteiger partial charge < -0.3 is 5.11 Å². The van der Waals surface area contributed by atoms with Gasteiger partial charge in [-0.3, -0.25) is 9.59 Å². The van der Waals surface area contributed by atoms with Crippen LogP contribution in [0.4, 0.5) is 0 Å². The quantitative estimate of drug-likeness (QED) is 0.747. The molecule has 1 atom stereocenters. The summed E-state index contributed by atoms with van der Waals surface area (Å²) in [5.74, 6) is -0.920. The summed E-state index contributed by atoms with van der Waals surface area (Å²) in [5.41, 5.74) is -0.00130. The van der Waals surface area contributed by atoms with E-state index in [1.165, 1.54) is 0 Å². The Morgan fingerprint density at radius 3 is 2.36 bits per heavy atom. The Hall–Kier alpha value is -1.21. The van der Waals surface area contributed by atoms with Gasteiger partial charge in [0.15, 0.2) is 5.52 Å². The van der Waals surface area contributed by atoms with Crippen LogP contribution in [-0.4, -0.2) is 16.6 Å². The zero-order chi connectivity index (χ0) is 10.4. The standard InChI is InChI=1S/C10H11O3P/c11-9(12)6-7-10(13)14-8-4-2-1-3-5-8/h1-5,14H,6-7H2,(H,11,12). The van der Waals surface area contributed by atoms with Gasteiger partial charge in [0.05, 0.1) is 6.42 Å². The van der Waals surface area contributed by atoms with Gasteiger partial charge in [0.25, 0.3) is 0 Å². The van der Waals surface area contributed by atoms with Gasteiger partial charge in [-0.1, -0.05) is 30.3 Å². The molecule has 1 aromatic rings. The van der Waals surface area contributed by atoms with Crippen LogP contribution in [0.15, 0.2) is 30.3 Å². The van der Waals surface area contributed by atoms with E-state index in [1.807, 2.05) is 30.3 Å². The third-order valence-electron chi connectivity index (χ3n) is 1.62. The van der Waals surface area contributed by atoms with Crippen molar-refractivity contribution >= 4 is 25.4 Å².